The molecule has 0 aliphatic heterocycles. The quantitative estimate of drug-likeness (QED) is 0.197. The van der Waals surface area contributed by atoms with E-state index in [-0.39, 0.29) is 5.41 Å². The topological polar surface area (TPSA) is 6.48 Å². The normalized spacial score (nSPS) is 19.8. The van der Waals surface area contributed by atoms with Gasteiger partial charge in [0.25, 0.3) is 0 Å². The van der Waals surface area contributed by atoms with E-state index in [9.17, 15) is 0 Å². The number of nitrogens with zero attached hydrogens (tertiary/aromatic N) is 2. The Morgan fingerprint density at radius 1 is 0.457 bits per heavy atom. The molecule has 0 saturated carbocycles. The van der Waals surface area contributed by atoms with E-state index < -0.39 is 0 Å². The molecule has 46 heavy (non-hydrogen) atoms. The third-order valence-electron chi connectivity index (χ3n) is 10.4. The van der Waals surface area contributed by atoms with Gasteiger partial charge in [-0.1, -0.05) is 115 Å². The molecule has 3 aliphatic carbocycles. The minimum absolute atomic E-state index is 0.221. The van der Waals surface area contributed by atoms with Crippen molar-refractivity contribution < 1.29 is 0 Å². The highest BCUT2D eigenvalue weighted by molar-refractivity contribution is 5.88. The van der Waals surface area contributed by atoms with Crippen molar-refractivity contribution in [2.45, 2.75) is 11.3 Å². The zero-order valence-electron chi connectivity index (χ0n) is 25.8. The Labute approximate surface area is 271 Å². The van der Waals surface area contributed by atoms with Crippen molar-refractivity contribution in [1.29, 1.82) is 0 Å². The molecule has 6 aromatic rings. The van der Waals surface area contributed by atoms with Gasteiger partial charge in [-0.2, -0.15) is 0 Å². The van der Waals surface area contributed by atoms with Crippen molar-refractivity contribution >= 4 is 28.4 Å². The van der Waals surface area contributed by atoms with Crippen LogP contribution in [0.5, 0.6) is 0 Å². The summed E-state index contributed by atoms with van der Waals surface area (Å²) in [7, 11) is 2.19. The van der Waals surface area contributed by atoms with Gasteiger partial charge >= 0.3 is 0 Å². The first-order valence-corrected chi connectivity index (χ1v) is 16.2. The molecule has 3 unspecified atom stereocenters. The summed E-state index contributed by atoms with van der Waals surface area (Å²) in [6, 6.07) is 55.4. The van der Waals surface area contributed by atoms with E-state index >= 15 is 0 Å². The predicted octanol–water partition coefficient (Wildman–Crippen LogP) is 11.1. The molecule has 0 amide bonds. The smallest absolute Gasteiger partial charge is 0.0538 e. The summed E-state index contributed by atoms with van der Waals surface area (Å²) in [6.07, 6.45) is 9.34. The van der Waals surface area contributed by atoms with Crippen LogP contribution in [0.1, 0.15) is 28.2 Å². The van der Waals surface area contributed by atoms with Crippen LogP contribution in [0, 0.1) is 5.92 Å². The summed E-state index contributed by atoms with van der Waals surface area (Å²) in [5, 5.41) is 0. The molecular weight excluding hydrogens is 556 g/mol. The van der Waals surface area contributed by atoms with Crippen molar-refractivity contribution in [3.63, 3.8) is 0 Å². The molecule has 2 nitrogen and oxygen atoms in total. The van der Waals surface area contributed by atoms with E-state index in [0.717, 1.165) is 22.7 Å². The molecule has 0 bridgehead atoms. The van der Waals surface area contributed by atoms with Crippen LogP contribution in [0.4, 0.5) is 28.4 Å². The molecule has 220 valence electrons. The van der Waals surface area contributed by atoms with Crippen LogP contribution in [0.15, 0.2) is 176 Å². The van der Waals surface area contributed by atoms with Crippen LogP contribution in [-0.2, 0) is 5.41 Å². The Balaban J connectivity index is 1.14. The third-order valence-corrected chi connectivity index (χ3v) is 10.4. The van der Waals surface area contributed by atoms with Crippen LogP contribution in [0.25, 0.3) is 11.1 Å². The van der Waals surface area contributed by atoms with Crippen LogP contribution in [0.2, 0.25) is 0 Å². The van der Waals surface area contributed by atoms with Crippen LogP contribution >= 0.6 is 0 Å². The summed E-state index contributed by atoms with van der Waals surface area (Å²) in [5.74, 6) is 0.699. The highest BCUT2D eigenvalue weighted by Gasteiger charge is 2.56. The van der Waals surface area contributed by atoms with Crippen molar-refractivity contribution in [1.82, 2.24) is 0 Å². The average Bonchev–Trinajstić information content (AvgIpc) is 3.60. The highest BCUT2D eigenvalue weighted by atomic mass is 15.1. The molecule has 0 heterocycles. The molecule has 3 aliphatic rings. The summed E-state index contributed by atoms with van der Waals surface area (Å²) >= 11 is 0. The molecule has 9 rings (SSSR count). The minimum atomic E-state index is -0.221. The lowest BCUT2D eigenvalue weighted by atomic mass is 9.65. The Morgan fingerprint density at radius 2 is 1.00 bits per heavy atom. The number of allylic oxidation sites excluding steroid dienone is 4. The fraction of sp³-hybridized carbons (Fsp3) is 0.0909. The lowest BCUT2D eigenvalue weighted by Crippen LogP contribution is -2.33. The standard InChI is InChI=1S/C44H34N2/c1-45(31-24-26-34(27-25-31)46(32-14-4-2-5-15-32)33-16-6-3-7-17-33)35-28-29-39-38-20-10-13-23-42(38)44(43(39)30-35)40-21-11-8-18-36(40)37-19-9-12-22-41(37)44/h2-30,36,40H,1H3. The maximum Gasteiger partial charge on any atom is 0.0538 e. The average molecular weight is 591 g/mol. The SMILES string of the molecule is CN(c1ccc(N(c2ccccc2)c2ccccc2)cc1)c1ccc2c(c1)C1(c3ccccc3-2)c2ccccc2C2C=CC=CC21. The second-order valence-electron chi connectivity index (χ2n) is 12.6. The molecule has 0 N–H and O–H groups in total. The van der Waals surface area contributed by atoms with Gasteiger partial charge in [-0.15, -0.1) is 0 Å². The van der Waals surface area contributed by atoms with E-state index in [1.807, 2.05) is 0 Å². The zero-order chi connectivity index (χ0) is 30.7. The summed E-state index contributed by atoms with van der Waals surface area (Å²) in [6.45, 7) is 0. The van der Waals surface area contributed by atoms with Crippen LogP contribution in [0.3, 0.4) is 0 Å². The fourth-order valence-electron chi connectivity index (χ4n) is 8.38. The molecule has 3 atom stereocenters. The second-order valence-corrected chi connectivity index (χ2v) is 12.6. The van der Waals surface area contributed by atoms with Crippen LogP contribution in [-0.4, -0.2) is 7.05 Å². The van der Waals surface area contributed by atoms with Crippen molar-refractivity contribution in [2.75, 3.05) is 16.8 Å². The summed E-state index contributed by atoms with van der Waals surface area (Å²) < 4.78 is 0. The predicted molar refractivity (Wildman–Crippen MR) is 192 cm³/mol. The molecule has 1 spiro atoms. The zero-order valence-corrected chi connectivity index (χ0v) is 25.8. The van der Waals surface area contributed by atoms with Gasteiger partial charge in [0.15, 0.2) is 0 Å². The van der Waals surface area contributed by atoms with Crippen molar-refractivity contribution in [3.05, 3.63) is 198 Å². The van der Waals surface area contributed by atoms with Gasteiger partial charge in [0.05, 0.1) is 5.41 Å². The van der Waals surface area contributed by atoms with Gasteiger partial charge in [-0.05, 0) is 94.0 Å². The van der Waals surface area contributed by atoms with E-state index in [1.165, 1.54) is 39.1 Å². The van der Waals surface area contributed by atoms with Gasteiger partial charge in [-0.3, -0.25) is 0 Å². The number of hydrogen-bond acceptors (Lipinski definition) is 2. The Morgan fingerprint density at radius 3 is 1.74 bits per heavy atom. The number of anilines is 5. The number of rotatable bonds is 5. The van der Waals surface area contributed by atoms with Gasteiger partial charge in [-0.25, -0.2) is 0 Å². The van der Waals surface area contributed by atoms with Crippen molar-refractivity contribution in [2.24, 2.45) is 5.92 Å². The molecular formula is C44H34N2. The van der Waals surface area contributed by atoms with Gasteiger partial charge in [0.2, 0.25) is 0 Å². The number of fused-ring (bicyclic) bond motifs is 10. The van der Waals surface area contributed by atoms with E-state index in [2.05, 4.69) is 193 Å². The maximum atomic E-state index is 2.47. The Hall–Kier alpha value is -5.60. The first-order chi connectivity index (χ1) is 22.7. The van der Waals surface area contributed by atoms with E-state index in [0.29, 0.717) is 11.8 Å². The highest BCUT2D eigenvalue weighted by Crippen LogP contribution is 2.65. The number of benzene rings is 6. The molecule has 6 aromatic carbocycles. The van der Waals surface area contributed by atoms with Crippen LogP contribution < -0.4 is 9.80 Å². The summed E-state index contributed by atoms with van der Waals surface area (Å²) in [5.41, 5.74) is 14.0. The molecule has 2 heteroatoms. The van der Waals surface area contributed by atoms with Gasteiger partial charge < -0.3 is 9.80 Å². The molecule has 0 fully saturated rings. The first kappa shape index (κ1) is 26.8. The molecule has 0 aromatic heterocycles. The minimum Gasteiger partial charge on any atom is -0.345 e. The lowest BCUT2D eigenvalue weighted by Gasteiger charge is -2.36. The first-order valence-electron chi connectivity index (χ1n) is 16.2. The summed E-state index contributed by atoms with van der Waals surface area (Å²) in [4.78, 5) is 4.63. The third kappa shape index (κ3) is 3.83. The maximum absolute atomic E-state index is 2.47. The second kappa shape index (κ2) is 10.5. The van der Waals surface area contributed by atoms with E-state index in [1.54, 1.807) is 0 Å². The Bertz CT molecular complexity index is 2090. The number of para-hydroxylation sites is 2. The van der Waals surface area contributed by atoms with Gasteiger partial charge in [0.1, 0.15) is 0 Å². The fourth-order valence-corrected chi connectivity index (χ4v) is 8.38. The molecule has 0 saturated heterocycles. The monoisotopic (exact) mass is 590 g/mol. The number of hydrogen-bond donors (Lipinski definition) is 0. The lowest BCUT2D eigenvalue weighted by molar-refractivity contribution is 0.465. The van der Waals surface area contributed by atoms with Gasteiger partial charge in [0, 0.05) is 47.3 Å². The van der Waals surface area contributed by atoms with E-state index in [4.69, 9.17) is 0 Å². The largest absolute Gasteiger partial charge is 0.345 e. The van der Waals surface area contributed by atoms with Crippen molar-refractivity contribution in [3.8, 4) is 11.1 Å². The molecule has 0 radical (unpaired) electrons. The Kier molecular flexibility index (Phi) is 6.11.